The highest BCUT2D eigenvalue weighted by atomic mass is 32.1. The zero-order chi connectivity index (χ0) is 10.8. The summed E-state index contributed by atoms with van der Waals surface area (Å²) in [6.45, 7) is 0. The van der Waals surface area contributed by atoms with Crippen LogP contribution in [0.15, 0.2) is 36.0 Å². The van der Waals surface area contributed by atoms with E-state index in [1.54, 1.807) is 23.7 Å². The molecule has 3 aromatic rings. The molecule has 3 heterocycles. The van der Waals surface area contributed by atoms with Gasteiger partial charge in [0.15, 0.2) is 11.6 Å². The van der Waals surface area contributed by atoms with Crippen molar-refractivity contribution < 1.29 is 0 Å². The number of hydrogen-bond donors (Lipinski definition) is 1. The number of rotatable bonds is 2. The second-order valence-electron chi connectivity index (χ2n) is 3.12. The summed E-state index contributed by atoms with van der Waals surface area (Å²) in [7, 11) is 0. The van der Waals surface area contributed by atoms with Crippen LogP contribution in [0.1, 0.15) is 0 Å². The van der Waals surface area contributed by atoms with Gasteiger partial charge in [-0.05, 0) is 17.5 Å². The summed E-state index contributed by atoms with van der Waals surface area (Å²) >= 11 is 1.62. The average molecular weight is 229 g/mol. The van der Waals surface area contributed by atoms with Crippen LogP contribution in [0, 0.1) is 0 Å². The molecule has 16 heavy (non-hydrogen) atoms. The van der Waals surface area contributed by atoms with Crippen molar-refractivity contribution in [2.75, 3.05) is 0 Å². The van der Waals surface area contributed by atoms with Crippen molar-refractivity contribution in [2.24, 2.45) is 0 Å². The summed E-state index contributed by atoms with van der Waals surface area (Å²) < 4.78 is 0. The van der Waals surface area contributed by atoms with Crippen molar-refractivity contribution >= 4 is 11.3 Å². The molecule has 0 atom stereocenters. The van der Waals surface area contributed by atoms with Crippen LogP contribution >= 0.6 is 11.3 Å². The molecule has 0 aromatic carbocycles. The fraction of sp³-hybridized carbons (Fsp3) is 0. The molecule has 6 heteroatoms. The van der Waals surface area contributed by atoms with E-state index in [-0.39, 0.29) is 0 Å². The van der Waals surface area contributed by atoms with Crippen LogP contribution in [0.3, 0.4) is 0 Å². The van der Waals surface area contributed by atoms with Crippen molar-refractivity contribution in [3.05, 3.63) is 36.0 Å². The number of nitrogens with zero attached hydrogens (tertiary/aromatic N) is 4. The van der Waals surface area contributed by atoms with Crippen molar-refractivity contribution in [3.63, 3.8) is 0 Å². The molecule has 0 spiro atoms. The van der Waals surface area contributed by atoms with Gasteiger partial charge < -0.3 is 0 Å². The molecule has 1 N–H and O–H groups in total. The Morgan fingerprint density at radius 3 is 2.94 bits per heavy atom. The van der Waals surface area contributed by atoms with Gasteiger partial charge in [0, 0.05) is 5.56 Å². The molecular weight excluding hydrogens is 222 g/mol. The maximum absolute atomic E-state index is 4.40. The van der Waals surface area contributed by atoms with Gasteiger partial charge in [-0.15, -0.1) is 11.3 Å². The Kier molecular flexibility index (Phi) is 2.19. The van der Waals surface area contributed by atoms with Crippen molar-refractivity contribution in [1.29, 1.82) is 0 Å². The SMILES string of the molecule is c1csc(-c2nc(-c3ccnnc3)n[nH]2)c1. The third kappa shape index (κ3) is 1.59. The zero-order valence-electron chi connectivity index (χ0n) is 8.16. The molecule has 0 amide bonds. The van der Waals surface area contributed by atoms with Gasteiger partial charge in [-0.3, -0.25) is 5.10 Å². The maximum atomic E-state index is 4.40. The van der Waals surface area contributed by atoms with Crippen LogP contribution in [0.2, 0.25) is 0 Å². The van der Waals surface area contributed by atoms with E-state index in [0.29, 0.717) is 5.82 Å². The Labute approximate surface area is 95.2 Å². The lowest BCUT2D eigenvalue weighted by molar-refractivity contribution is 1.02. The fourth-order valence-electron chi connectivity index (χ4n) is 1.34. The van der Waals surface area contributed by atoms with E-state index in [4.69, 9.17) is 0 Å². The summed E-state index contributed by atoms with van der Waals surface area (Å²) in [4.78, 5) is 5.47. The molecule has 0 aliphatic carbocycles. The van der Waals surface area contributed by atoms with Gasteiger partial charge >= 0.3 is 0 Å². The molecular formula is C10H7N5S. The van der Waals surface area contributed by atoms with Crippen LogP contribution in [-0.4, -0.2) is 25.4 Å². The molecule has 78 valence electrons. The Bertz CT molecular complexity index is 572. The molecule has 0 saturated carbocycles. The van der Waals surface area contributed by atoms with Gasteiger partial charge in [0.2, 0.25) is 0 Å². The van der Waals surface area contributed by atoms with Crippen LogP contribution in [0.5, 0.6) is 0 Å². The highest BCUT2D eigenvalue weighted by Crippen LogP contribution is 2.22. The molecule has 5 nitrogen and oxygen atoms in total. The number of hydrogen-bond acceptors (Lipinski definition) is 5. The first-order valence-corrected chi connectivity index (χ1v) is 5.55. The lowest BCUT2D eigenvalue weighted by Crippen LogP contribution is -1.83. The summed E-state index contributed by atoms with van der Waals surface area (Å²) in [5, 5.41) is 16.6. The van der Waals surface area contributed by atoms with Crippen LogP contribution in [-0.2, 0) is 0 Å². The van der Waals surface area contributed by atoms with Gasteiger partial charge in [-0.2, -0.15) is 15.3 Å². The smallest absolute Gasteiger partial charge is 0.183 e. The molecule has 0 bridgehead atoms. The van der Waals surface area contributed by atoms with Crippen molar-refractivity contribution in [2.45, 2.75) is 0 Å². The molecule has 0 radical (unpaired) electrons. The summed E-state index contributed by atoms with van der Waals surface area (Å²) in [5.74, 6) is 1.42. The number of nitrogens with one attached hydrogen (secondary N) is 1. The first-order valence-electron chi connectivity index (χ1n) is 4.67. The Balaban J connectivity index is 2.00. The van der Waals surface area contributed by atoms with E-state index >= 15 is 0 Å². The van der Waals surface area contributed by atoms with Gasteiger partial charge in [-0.1, -0.05) is 6.07 Å². The van der Waals surface area contributed by atoms with Crippen molar-refractivity contribution in [1.82, 2.24) is 25.4 Å². The second-order valence-corrected chi connectivity index (χ2v) is 4.06. The minimum atomic E-state index is 0.637. The molecule has 0 aliphatic rings. The lowest BCUT2D eigenvalue weighted by atomic mass is 10.3. The van der Waals surface area contributed by atoms with E-state index in [2.05, 4.69) is 25.4 Å². The molecule has 0 unspecified atom stereocenters. The van der Waals surface area contributed by atoms with E-state index in [1.165, 1.54) is 0 Å². The Morgan fingerprint density at radius 1 is 1.19 bits per heavy atom. The third-order valence-corrected chi connectivity index (χ3v) is 2.96. The topological polar surface area (TPSA) is 67.3 Å². The van der Waals surface area contributed by atoms with Crippen LogP contribution in [0.25, 0.3) is 22.1 Å². The summed E-state index contributed by atoms with van der Waals surface area (Å²) in [5.41, 5.74) is 0.856. The minimum absolute atomic E-state index is 0.637. The first kappa shape index (κ1) is 9.17. The molecule has 0 aliphatic heterocycles. The summed E-state index contributed by atoms with van der Waals surface area (Å²) in [6, 6.07) is 5.81. The summed E-state index contributed by atoms with van der Waals surface area (Å²) in [6.07, 6.45) is 3.26. The quantitative estimate of drug-likeness (QED) is 0.729. The zero-order valence-corrected chi connectivity index (χ0v) is 8.98. The number of thiophene rings is 1. The normalized spacial score (nSPS) is 10.5. The number of aromatic nitrogens is 5. The number of aromatic amines is 1. The van der Waals surface area contributed by atoms with Crippen LogP contribution in [0.4, 0.5) is 0 Å². The lowest BCUT2D eigenvalue weighted by Gasteiger charge is -1.90. The van der Waals surface area contributed by atoms with Gasteiger partial charge in [0.25, 0.3) is 0 Å². The monoisotopic (exact) mass is 229 g/mol. The second kappa shape index (κ2) is 3.82. The number of H-pyrrole nitrogens is 1. The van der Waals surface area contributed by atoms with Crippen LogP contribution < -0.4 is 0 Å². The molecule has 0 saturated heterocycles. The van der Waals surface area contributed by atoms with Crippen molar-refractivity contribution in [3.8, 4) is 22.1 Å². The molecule has 3 aromatic heterocycles. The average Bonchev–Trinajstić information content (AvgIpc) is 3.01. The third-order valence-electron chi connectivity index (χ3n) is 2.08. The van der Waals surface area contributed by atoms with E-state index in [9.17, 15) is 0 Å². The van der Waals surface area contributed by atoms with Gasteiger partial charge in [-0.25, -0.2) is 4.98 Å². The van der Waals surface area contributed by atoms with E-state index < -0.39 is 0 Å². The Morgan fingerprint density at radius 2 is 2.19 bits per heavy atom. The van der Waals surface area contributed by atoms with E-state index in [1.807, 2.05) is 23.6 Å². The minimum Gasteiger partial charge on any atom is -0.258 e. The standard InChI is InChI=1S/C10H7N5S/c1-2-8(16-5-1)10-13-9(14-15-10)7-3-4-11-12-6-7/h1-6H,(H,13,14,15). The molecule has 0 fully saturated rings. The predicted octanol–water partition coefficient (Wildman–Crippen LogP) is 1.99. The predicted molar refractivity (Wildman–Crippen MR) is 60.7 cm³/mol. The van der Waals surface area contributed by atoms with Gasteiger partial charge in [0.1, 0.15) is 0 Å². The van der Waals surface area contributed by atoms with Gasteiger partial charge in [0.05, 0.1) is 17.3 Å². The Hall–Kier alpha value is -2.08. The highest BCUT2D eigenvalue weighted by Gasteiger charge is 2.07. The molecule has 3 rings (SSSR count). The highest BCUT2D eigenvalue weighted by molar-refractivity contribution is 7.13. The fourth-order valence-corrected chi connectivity index (χ4v) is 2.00. The van der Waals surface area contributed by atoms with E-state index in [0.717, 1.165) is 16.3 Å². The largest absolute Gasteiger partial charge is 0.258 e. The maximum Gasteiger partial charge on any atom is 0.183 e. The first-order chi connectivity index (χ1) is 7.93.